The Morgan fingerprint density at radius 3 is 2.57 bits per heavy atom. The van der Waals surface area contributed by atoms with Gasteiger partial charge in [0, 0.05) is 29.1 Å². The van der Waals surface area contributed by atoms with Crippen LogP contribution in [-0.4, -0.2) is 33.1 Å². The van der Waals surface area contributed by atoms with Crippen LogP contribution < -0.4 is 5.32 Å². The Morgan fingerprint density at radius 1 is 1.21 bits per heavy atom. The molecule has 2 aromatic carbocycles. The number of carboxylic acids is 1. The van der Waals surface area contributed by atoms with E-state index in [0.29, 0.717) is 22.0 Å². The maximum absolute atomic E-state index is 13.3. The molecule has 0 aliphatic rings. The lowest BCUT2D eigenvalue weighted by atomic mass is 9.98. The Bertz CT molecular complexity index is 1070. The molecule has 1 heterocycles. The number of nitriles is 1. The second-order valence-corrected chi connectivity index (χ2v) is 6.27. The van der Waals surface area contributed by atoms with Crippen LogP contribution in [0.4, 0.5) is 4.39 Å². The SMILES string of the molecule is N#CC(C(=O)N[C@@H](Cc1ccc(O)cc1)C(=O)O)c1c[nH]c2cc(F)ccc12. The lowest BCUT2D eigenvalue weighted by Crippen LogP contribution is -2.44. The summed E-state index contributed by atoms with van der Waals surface area (Å²) in [5.41, 5.74) is 1.37. The number of halogens is 1. The monoisotopic (exact) mass is 381 g/mol. The average molecular weight is 381 g/mol. The van der Waals surface area contributed by atoms with Crippen molar-refractivity contribution >= 4 is 22.8 Å². The minimum atomic E-state index is -1.26. The van der Waals surface area contributed by atoms with Crippen LogP contribution in [0.15, 0.2) is 48.7 Å². The number of benzene rings is 2. The molecule has 4 N–H and O–H groups in total. The molecule has 0 saturated heterocycles. The van der Waals surface area contributed by atoms with Crippen molar-refractivity contribution in [3.05, 3.63) is 65.6 Å². The van der Waals surface area contributed by atoms with E-state index in [1.807, 2.05) is 6.07 Å². The molecule has 0 aliphatic carbocycles. The number of nitrogens with one attached hydrogen (secondary N) is 2. The van der Waals surface area contributed by atoms with E-state index in [1.54, 1.807) is 12.1 Å². The number of phenols is 1. The maximum atomic E-state index is 13.3. The molecule has 0 aliphatic heterocycles. The summed E-state index contributed by atoms with van der Waals surface area (Å²) in [4.78, 5) is 27.0. The zero-order valence-electron chi connectivity index (χ0n) is 14.5. The average Bonchev–Trinajstić information content (AvgIpc) is 3.06. The van der Waals surface area contributed by atoms with Crippen molar-refractivity contribution < 1.29 is 24.2 Å². The van der Waals surface area contributed by atoms with Crippen LogP contribution in [0.3, 0.4) is 0 Å². The Hall–Kier alpha value is -3.86. The van der Waals surface area contributed by atoms with Crippen LogP contribution in [0.5, 0.6) is 5.75 Å². The quantitative estimate of drug-likeness (QED) is 0.522. The number of aliphatic carboxylic acids is 1. The zero-order chi connectivity index (χ0) is 20.3. The van der Waals surface area contributed by atoms with E-state index >= 15 is 0 Å². The van der Waals surface area contributed by atoms with Crippen molar-refractivity contribution in [3.63, 3.8) is 0 Å². The molecule has 0 fully saturated rings. The van der Waals surface area contributed by atoms with Gasteiger partial charge in [-0.15, -0.1) is 0 Å². The lowest BCUT2D eigenvalue weighted by molar-refractivity contribution is -0.141. The van der Waals surface area contributed by atoms with E-state index in [9.17, 15) is 29.5 Å². The molecule has 7 nitrogen and oxygen atoms in total. The highest BCUT2D eigenvalue weighted by Crippen LogP contribution is 2.26. The number of fused-ring (bicyclic) bond motifs is 1. The predicted molar refractivity (Wildman–Crippen MR) is 98.0 cm³/mol. The van der Waals surface area contributed by atoms with Gasteiger partial charge in [0.25, 0.3) is 0 Å². The van der Waals surface area contributed by atoms with Gasteiger partial charge in [0.15, 0.2) is 5.92 Å². The topological polar surface area (TPSA) is 126 Å². The molecule has 3 aromatic rings. The number of hydrogen-bond acceptors (Lipinski definition) is 4. The predicted octanol–water partition coefficient (Wildman–Crippen LogP) is 2.43. The molecule has 1 aromatic heterocycles. The largest absolute Gasteiger partial charge is 0.508 e. The van der Waals surface area contributed by atoms with Crippen molar-refractivity contribution in [2.75, 3.05) is 0 Å². The molecule has 0 radical (unpaired) electrons. The number of rotatable bonds is 6. The number of aromatic hydroxyl groups is 1. The summed E-state index contributed by atoms with van der Waals surface area (Å²) in [7, 11) is 0. The first kappa shape index (κ1) is 18.9. The molecule has 2 atom stereocenters. The third-order valence-electron chi connectivity index (χ3n) is 4.37. The standard InChI is InChI=1S/C20H16FN3O4/c21-12-3-6-14-16(10-23-17(14)8-12)15(9-22)19(26)24-18(20(27)28)7-11-1-4-13(25)5-2-11/h1-6,8,10,15,18,23,25H,7H2,(H,24,26)(H,27,28)/t15?,18-/m0/s1. The van der Waals surface area contributed by atoms with Crippen molar-refractivity contribution in [2.45, 2.75) is 18.4 Å². The van der Waals surface area contributed by atoms with Gasteiger partial charge in [-0.25, -0.2) is 9.18 Å². The molecular formula is C20H16FN3O4. The van der Waals surface area contributed by atoms with Gasteiger partial charge in [-0.2, -0.15) is 5.26 Å². The van der Waals surface area contributed by atoms with Crippen molar-refractivity contribution in [1.82, 2.24) is 10.3 Å². The van der Waals surface area contributed by atoms with Crippen LogP contribution in [0.2, 0.25) is 0 Å². The van der Waals surface area contributed by atoms with Gasteiger partial charge in [0.05, 0.1) is 6.07 Å². The number of phenolic OH excluding ortho intramolecular Hbond substituents is 1. The van der Waals surface area contributed by atoms with E-state index in [1.165, 1.54) is 36.5 Å². The molecule has 0 saturated carbocycles. The number of aromatic amines is 1. The third kappa shape index (κ3) is 3.94. The van der Waals surface area contributed by atoms with E-state index in [0.717, 1.165) is 0 Å². The fourth-order valence-electron chi connectivity index (χ4n) is 2.95. The number of aromatic nitrogens is 1. The van der Waals surface area contributed by atoms with Crippen molar-refractivity contribution in [1.29, 1.82) is 5.26 Å². The molecular weight excluding hydrogens is 365 g/mol. The molecule has 0 bridgehead atoms. The summed E-state index contributed by atoms with van der Waals surface area (Å²) < 4.78 is 13.3. The van der Waals surface area contributed by atoms with Gasteiger partial charge < -0.3 is 20.5 Å². The molecule has 8 heteroatoms. The minimum absolute atomic E-state index is 0.0153. The summed E-state index contributed by atoms with van der Waals surface area (Å²) >= 11 is 0. The zero-order valence-corrected chi connectivity index (χ0v) is 14.5. The van der Waals surface area contributed by atoms with Crippen LogP contribution in [0.25, 0.3) is 10.9 Å². The number of carbonyl (C=O) groups is 2. The van der Waals surface area contributed by atoms with Gasteiger partial charge in [0.2, 0.25) is 5.91 Å². The lowest BCUT2D eigenvalue weighted by Gasteiger charge is -2.17. The van der Waals surface area contributed by atoms with Crippen LogP contribution >= 0.6 is 0 Å². The summed E-state index contributed by atoms with van der Waals surface area (Å²) in [5, 5.41) is 31.1. The van der Waals surface area contributed by atoms with E-state index in [-0.39, 0.29) is 12.2 Å². The van der Waals surface area contributed by atoms with Crippen LogP contribution in [-0.2, 0) is 16.0 Å². The van der Waals surface area contributed by atoms with Crippen molar-refractivity contribution in [3.8, 4) is 11.8 Å². The van der Waals surface area contributed by atoms with Gasteiger partial charge in [-0.3, -0.25) is 4.79 Å². The van der Waals surface area contributed by atoms with Crippen LogP contribution in [0.1, 0.15) is 17.0 Å². The van der Waals surface area contributed by atoms with E-state index < -0.39 is 29.7 Å². The highest BCUT2D eigenvalue weighted by Gasteiger charge is 2.28. The van der Waals surface area contributed by atoms with Crippen molar-refractivity contribution in [2.24, 2.45) is 0 Å². The Labute approximate surface area is 159 Å². The summed E-state index contributed by atoms with van der Waals surface area (Å²) in [6, 6.07) is 10.5. The second kappa shape index (κ2) is 7.80. The number of carbonyl (C=O) groups excluding carboxylic acids is 1. The third-order valence-corrected chi connectivity index (χ3v) is 4.37. The fourth-order valence-corrected chi connectivity index (χ4v) is 2.95. The number of amides is 1. The maximum Gasteiger partial charge on any atom is 0.326 e. The number of carboxylic acid groups (broad SMARTS) is 1. The van der Waals surface area contributed by atoms with Gasteiger partial charge in [-0.1, -0.05) is 12.1 Å². The van der Waals surface area contributed by atoms with Crippen LogP contribution in [0, 0.1) is 17.1 Å². The molecule has 28 heavy (non-hydrogen) atoms. The fraction of sp³-hybridized carbons (Fsp3) is 0.150. The molecule has 142 valence electrons. The Balaban J connectivity index is 1.82. The smallest absolute Gasteiger partial charge is 0.326 e. The Morgan fingerprint density at radius 2 is 1.93 bits per heavy atom. The normalized spacial score (nSPS) is 12.9. The number of hydrogen-bond donors (Lipinski definition) is 4. The first-order valence-corrected chi connectivity index (χ1v) is 8.36. The van der Waals surface area contributed by atoms with Gasteiger partial charge in [-0.05, 0) is 35.9 Å². The Kier molecular flexibility index (Phi) is 5.27. The molecule has 3 rings (SSSR count). The minimum Gasteiger partial charge on any atom is -0.508 e. The highest BCUT2D eigenvalue weighted by atomic mass is 19.1. The first-order chi connectivity index (χ1) is 13.4. The molecule has 0 spiro atoms. The van der Waals surface area contributed by atoms with Gasteiger partial charge in [0.1, 0.15) is 17.6 Å². The summed E-state index contributed by atoms with van der Waals surface area (Å²) in [5.74, 6) is -3.70. The molecule has 1 amide bonds. The first-order valence-electron chi connectivity index (χ1n) is 8.36. The summed E-state index contributed by atoms with van der Waals surface area (Å²) in [6.07, 6.45) is 1.42. The molecule has 1 unspecified atom stereocenters. The van der Waals surface area contributed by atoms with E-state index in [2.05, 4.69) is 10.3 Å². The van der Waals surface area contributed by atoms with E-state index in [4.69, 9.17) is 0 Å². The summed E-state index contributed by atoms with van der Waals surface area (Å²) in [6.45, 7) is 0. The highest BCUT2D eigenvalue weighted by molar-refractivity contribution is 5.95. The van der Waals surface area contributed by atoms with Gasteiger partial charge >= 0.3 is 5.97 Å². The number of H-pyrrole nitrogens is 1. The number of nitrogens with zero attached hydrogens (tertiary/aromatic N) is 1. The second-order valence-electron chi connectivity index (χ2n) is 6.27.